The Balaban J connectivity index is 2.70. The van der Waals surface area contributed by atoms with Crippen molar-refractivity contribution in [3.05, 3.63) is 35.1 Å². The molecule has 0 heterocycles. The Hall–Kier alpha value is -0.890. The van der Waals surface area contributed by atoms with Gasteiger partial charge in [-0.2, -0.15) is 0 Å². The van der Waals surface area contributed by atoms with Crippen LogP contribution in [0, 0.1) is 12.7 Å². The van der Waals surface area contributed by atoms with Crippen molar-refractivity contribution in [2.75, 3.05) is 20.6 Å². The van der Waals surface area contributed by atoms with E-state index in [-0.39, 0.29) is 5.82 Å². The van der Waals surface area contributed by atoms with Crippen LogP contribution in [0.1, 0.15) is 11.1 Å². The Labute approximate surface area is 79.2 Å². The zero-order valence-electron chi connectivity index (χ0n) is 8.47. The van der Waals surface area contributed by atoms with Gasteiger partial charge >= 0.3 is 0 Å². The minimum Gasteiger partial charge on any atom is -0.309 e. The van der Waals surface area contributed by atoms with Crippen LogP contribution < -0.4 is 0 Å². The fraction of sp³-hybridized carbons (Fsp3) is 0.455. The van der Waals surface area contributed by atoms with Gasteiger partial charge in [0.05, 0.1) is 0 Å². The number of hydrogen-bond acceptors (Lipinski definition) is 1. The minimum absolute atomic E-state index is 0.139. The average Bonchev–Trinajstić information content (AvgIpc) is 2.06. The topological polar surface area (TPSA) is 3.24 Å². The number of benzene rings is 1. The molecule has 0 atom stereocenters. The maximum atomic E-state index is 12.9. The first kappa shape index (κ1) is 10.2. The molecule has 1 rings (SSSR count). The van der Waals surface area contributed by atoms with Crippen LogP contribution >= 0.6 is 0 Å². The van der Waals surface area contributed by atoms with E-state index in [4.69, 9.17) is 0 Å². The quantitative estimate of drug-likeness (QED) is 0.691. The summed E-state index contributed by atoms with van der Waals surface area (Å²) in [6, 6.07) is 4.97. The van der Waals surface area contributed by atoms with Crippen molar-refractivity contribution >= 4 is 0 Å². The molecule has 0 unspecified atom stereocenters. The highest BCUT2D eigenvalue weighted by Gasteiger charge is 2.00. The van der Waals surface area contributed by atoms with Crippen LogP contribution in [0.15, 0.2) is 18.2 Å². The van der Waals surface area contributed by atoms with Crippen LogP contribution in [0.5, 0.6) is 0 Å². The summed E-state index contributed by atoms with van der Waals surface area (Å²) in [5.74, 6) is -0.139. The first-order valence-corrected chi connectivity index (χ1v) is 4.49. The van der Waals surface area contributed by atoms with E-state index in [0.717, 1.165) is 18.5 Å². The highest BCUT2D eigenvalue weighted by molar-refractivity contribution is 5.26. The zero-order chi connectivity index (χ0) is 9.84. The van der Waals surface area contributed by atoms with Crippen LogP contribution in [-0.4, -0.2) is 25.5 Å². The molecule has 2 heteroatoms. The Morgan fingerprint density at radius 2 is 2.00 bits per heavy atom. The lowest BCUT2D eigenvalue weighted by molar-refractivity contribution is 0.413. The van der Waals surface area contributed by atoms with Crippen molar-refractivity contribution in [3.8, 4) is 0 Å². The van der Waals surface area contributed by atoms with E-state index in [9.17, 15) is 4.39 Å². The summed E-state index contributed by atoms with van der Waals surface area (Å²) in [6.07, 6.45) is 0.913. The second kappa shape index (κ2) is 4.38. The van der Waals surface area contributed by atoms with Gasteiger partial charge in [-0.1, -0.05) is 6.07 Å². The Morgan fingerprint density at radius 1 is 1.31 bits per heavy atom. The monoisotopic (exact) mass is 181 g/mol. The number of halogens is 1. The van der Waals surface area contributed by atoms with Gasteiger partial charge in [-0.15, -0.1) is 0 Å². The number of likely N-dealkylation sites (N-methyl/N-ethyl adjacent to an activating group) is 1. The lowest BCUT2D eigenvalue weighted by Gasteiger charge is -2.10. The molecule has 0 aromatic heterocycles. The van der Waals surface area contributed by atoms with Gasteiger partial charge in [-0.05, 0) is 50.7 Å². The zero-order valence-corrected chi connectivity index (χ0v) is 8.47. The molecule has 1 aromatic rings. The normalized spacial score (nSPS) is 10.8. The maximum absolute atomic E-state index is 12.9. The standard InChI is InChI=1S/C11H16FN/c1-9-4-5-11(12)8-10(9)6-7-13(2)3/h4-5,8H,6-7H2,1-3H3. The molecule has 0 radical (unpaired) electrons. The summed E-state index contributed by atoms with van der Waals surface area (Å²) >= 11 is 0. The second-order valence-corrected chi connectivity index (χ2v) is 3.62. The van der Waals surface area contributed by atoms with E-state index >= 15 is 0 Å². The van der Waals surface area contributed by atoms with Crippen molar-refractivity contribution in [1.82, 2.24) is 4.90 Å². The maximum Gasteiger partial charge on any atom is 0.123 e. The highest BCUT2D eigenvalue weighted by atomic mass is 19.1. The van der Waals surface area contributed by atoms with E-state index in [1.54, 1.807) is 6.07 Å². The molecule has 0 amide bonds. The van der Waals surface area contributed by atoms with Crippen molar-refractivity contribution in [1.29, 1.82) is 0 Å². The van der Waals surface area contributed by atoms with Crippen LogP contribution in [0.2, 0.25) is 0 Å². The number of nitrogens with zero attached hydrogens (tertiary/aromatic N) is 1. The SMILES string of the molecule is Cc1ccc(F)cc1CCN(C)C. The van der Waals surface area contributed by atoms with Gasteiger partial charge in [0.1, 0.15) is 5.82 Å². The third kappa shape index (κ3) is 3.15. The van der Waals surface area contributed by atoms with E-state index in [0.29, 0.717) is 0 Å². The van der Waals surface area contributed by atoms with Crippen molar-refractivity contribution in [3.63, 3.8) is 0 Å². The summed E-state index contributed by atoms with van der Waals surface area (Å²) in [6.45, 7) is 2.98. The molecule has 0 N–H and O–H groups in total. The molecule has 0 saturated carbocycles. The van der Waals surface area contributed by atoms with E-state index in [1.165, 1.54) is 11.6 Å². The molecule has 1 nitrogen and oxygen atoms in total. The van der Waals surface area contributed by atoms with E-state index < -0.39 is 0 Å². The summed E-state index contributed by atoms with van der Waals surface area (Å²) < 4.78 is 12.9. The Morgan fingerprint density at radius 3 is 2.62 bits per heavy atom. The van der Waals surface area contributed by atoms with Gasteiger partial charge in [0.25, 0.3) is 0 Å². The van der Waals surface area contributed by atoms with Crippen molar-refractivity contribution in [2.24, 2.45) is 0 Å². The fourth-order valence-electron chi connectivity index (χ4n) is 1.25. The molecule has 13 heavy (non-hydrogen) atoms. The summed E-state index contributed by atoms with van der Waals surface area (Å²) in [7, 11) is 4.04. The molecule has 72 valence electrons. The molecular weight excluding hydrogens is 165 g/mol. The van der Waals surface area contributed by atoms with Crippen molar-refractivity contribution in [2.45, 2.75) is 13.3 Å². The molecule has 0 bridgehead atoms. The van der Waals surface area contributed by atoms with Gasteiger partial charge in [-0.25, -0.2) is 4.39 Å². The van der Waals surface area contributed by atoms with Crippen molar-refractivity contribution < 1.29 is 4.39 Å². The average molecular weight is 181 g/mol. The first-order valence-electron chi connectivity index (χ1n) is 4.49. The fourth-order valence-corrected chi connectivity index (χ4v) is 1.25. The Kier molecular flexibility index (Phi) is 3.43. The lowest BCUT2D eigenvalue weighted by Crippen LogP contribution is -2.15. The third-order valence-electron chi connectivity index (χ3n) is 2.14. The molecule has 0 aliphatic heterocycles. The van der Waals surface area contributed by atoms with E-state index in [1.807, 2.05) is 27.1 Å². The number of aryl methyl sites for hydroxylation is 1. The van der Waals surface area contributed by atoms with Gasteiger partial charge in [-0.3, -0.25) is 0 Å². The van der Waals surface area contributed by atoms with Gasteiger partial charge in [0.2, 0.25) is 0 Å². The largest absolute Gasteiger partial charge is 0.309 e. The first-order chi connectivity index (χ1) is 6.09. The van der Waals surface area contributed by atoms with Gasteiger partial charge < -0.3 is 4.90 Å². The van der Waals surface area contributed by atoms with Crippen LogP contribution in [0.4, 0.5) is 4.39 Å². The smallest absolute Gasteiger partial charge is 0.123 e. The van der Waals surface area contributed by atoms with Gasteiger partial charge in [0.15, 0.2) is 0 Å². The summed E-state index contributed by atoms with van der Waals surface area (Å²) in [5.41, 5.74) is 2.27. The number of rotatable bonds is 3. The van der Waals surface area contributed by atoms with Crippen LogP contribution in [0.3, 0.4) is 0 Å². The molecule has 0 saturated heterocycles. The molecule has 0 fully saturated rings. The van der Waals surface area contributed by atoms with Crippen LogP contribution in [0.25, 0.3) is 0 Å². The van der Waals surface area contributed by atoms with Crippen LogP contribution in [-0.2, 0) is 6.42 Å². The molecule has 0 aliphatic carbocycles. The number of hydrogen-bond donors (Lipinski definition) is 0. The lowest BCUT2D eigenvalue weighted by atomic mass is 10.1. The molecule has 0 aliphatic rings. The highest BCUT2D eigenvalue weighted by Crippen LogP contribution is 2.10. The van der Waals surface area contributed by atoms with Gasteiger partial charge in [0, 0.05) is 6.54 Å². The molecular formula is C11H16FN. The van der Waals surface area contributed by atoms with E-state index in [2.05, 4.69) is 4.90 Å². The predicted octanol–water partition coefficient (Wildman–Crippen LogP) is 2.24. The second-order valence-electron chi connectivity index (χ2n) is 3.62. The summed E-state index contributed by atoms with van der Waals surface area (Å²) in [5, 5.41) is 0. The summed E-state index contributed by atoms with van der Waals surface area (Å²) in [4.78, 5) is 2.10. The third-order valence-corrected chi connectivity index (χ3v) is 2.14. The Bertz CT molecular complexity index is 281. The molecule has 0 spiro atoms. The molecule has 1 aromatic carbocycles. The predicted molar refractivity (Wildman–Crippen MR) is 53.4 cm³/mol. The minimum atomic E-state index is -0.139.